The molecule has 1 amide bonds. The summed E-state index contributed by atoms with van der Waals surface area (Å²) in [5.41, 5.74) is 6.06. The average Bonchev–Trinajstić information content (AvgIpc) is 2.71. The Morgan fingerprint density at radius 1 is 1.07 bits per heavy atom. The zero-order chi connectivity index (χ0) is 21.2. The molecule has 7 nitrogen and oxygen atoms in total. The van der Waals surface area contributed by atoms with Crippen molar-refractivity contribution >= 4 is 15.9 Å². The maximum atomic E-state index is 13.3. The van der Waals surface area contributed by atoms with Crippen LogP contribution in [0.1, 0.15) is 54.4 Å². The summed E-state index contributed by atoms with van der Waals surface area (Å²) in [6.07, 6.45) is 3.37. The molecule has 0 saturated carbocycles. The molecule has 1 atom stereocenters. The van der Waals surface area contributed by atoms with Gasteiger partial charge in [-0.15, -0.1) is 0 Å². The van der Waals surface area contributed by atoms with Crippen molar-refractivity contribution in [3.63, 3.8) is 0 Å². The minimum Gasteiger partial charge on any atom is -0.350 e. The lowest BCUT2D eigenvalue weighted by atomic mass is 9.98. The number of piperidine rings is 1. The number of hydroxylamine groups is 1. The van der Waals surface area contributed by atoms with Crippen LogP contribution in [0.25, 0.3) is 0 Å². The van der Waals surface area contributed by atoms with Crippen molar-refractivity contribution in [3.8, 4) is 0 Å². The number of hydrogen-bond acceptors (Lipinski definition) is 5. The number of carbonyl (C=O) groups is 1. The van der Waals surface area contributed by atoms with Crippen molar-refractivity contribution in [3.05, 3.63) is 28.3 Å². The minimum absolute atomic E-state index is 0.199. The Labute approximate surface area is 173 Å². The maximum Gasteiger partial charge on any atom is 0.246 e. The molecule has 1 aromatic carbocycles. The number of hydrogen-bond donors (Lipinski definition) is 1. The van der Waals surface area contributed by atoms with Crippen LogP contribution in [-0.2, 0) is 24.4 Å². The summed E-state index contributed by atoms with van der Waals surface area (Å²) in [4.78, 5) is 18.2. The third-order valence-corrected chi connectivity index (χ3v) is 8.32. The standard InChI is InChI=1S/C21H32N2O5S/c1-14-13-15(2)17(4)20(16(14)3)29(25,26)23-10-8-18(9-11-23)21(24)22-28-19-7-5-6-12-27-19/h13,18-19H,5-12H2,1-4H3,(H,22,24)/t19-/m1/s1. The minimum atomic E-state index is -3.60. The fourth-order valence-electron chi connectivity index (χ4n) is 4.07. The number of amides is 1. The third kappa shape index (κ3) is 4.82. The lowest BCUT2D eigenvalue weighted by Crippen LogP contribution is -2.44. The number of aryl methyl sites for hydroxylation is 2. The van der Waals surface area contributed by atoms with Crippen LogP contribution in [0, 0.1) is 33.6 Å². The molecule has 0 unspecified atom stereocenters. The van der Waals surface area contributed by atoms with Gasteiger partial charge < -0.3 is 4.74 Å². The van der Waals surface area contributed by atoms with Gasteiger partial charge >= 0.3 is 0 Å². The quantitative estimate of drug-likeness (QED) is 0.735. The summed E-state index contributed by atoms with van der Waals surface area (Å²) in [5, 5.41) is 0. The Hall–Kier alpha value is -1.48. The molecule has 0 radical (unpaired) electrons. The first-order valence-corrected chi connectivity index (χ1v) is 11.8. The largest absolute Gasteiger partial charge is 0.350 e. The van der Waals surface area contributed by atoms with Gasteiger partial charge in [-0.1, -0.05) is 6.07 Å². The van der Waals surface area contributed by atoms with E-state index < -0.39 is 10.0 Å². The SMILES string of the molecule is Cc1cc(C)c(C)c(S(=O)(=O)N2CCC(C(=O)NO[C@@H]3CCCCO3)CC2)c1C. The van der Waals surface area contributed by atoms with Crippen LogP contribution < -0.4 is 5.48 Å². The fourth-order valence-corrected chi connectivity index (χ4v) is 6.11. The smallest absolute Gasteiger partial charge is 0.246 e. The molecule has 2 heterocycles. The molecule has 0 bridgehead atoms. The second-order valence-corrected chi connectivity index (χ2v) is 10.0. The number of nitrogens with one attached hydrogen (secondary N) is 1. The van der Waals surface area contributed by atoms with Gasteiger partial charge in [0.15, 0.2) is 6.29 Å². The van der Waals surface area contributed by atoms with Crippen LogP contribution in [0.3, 0.4) is 0 Å². The van der Waals surface area contributed by atoms with E-state index >= 15 is 0 Å². The van der Waals surface area contributed by atoms with Crippen molar-refractivity contribution in [2.75, 3.05) is 19.7 Å². The predicted octanol–water partition coefficient (Wildman–Crippen LogP) is 2.90. The number of sulfonamides is 1. The second kappa shape index (κ2) is 9.12. The van der Waals surface area contributed by atoms with Crippen LogP contribution in [0.4, 0.5) is 0 Å². The first-order valence-electron chi connectivity index (χ1n) is 10.4. The number of ether oxygens (including phenoxy) is 1. The molecular formula is C21H32N2O5S. The van der Waals surface area contributed by atoms with E-state index in [1.54, 1.807) is 0 Å². The van der Waals surface area contributed by atoms with Crippen molar-refractivity contribution in [1.29, 1.82) is 0 Å². The Morgan fingerprint density at radius 2 is 1.69 bits per heavy atom. The predicted molar refractivity (Wildman–Crippen MR) is 110 cm³/mol. The molecule has 0 aliphatic carbocycles. The van der Waals surface area contributed by atoms with Gasteiger partial charge in [-0.25, -0.2) is 18.7 Å². The van der Waals surface area contributed by atoms with Gasteiger partial charge in [0.2, 0.25) is 15.9 Å². The number of rotatable bonds is 5. The summed E-state index contributed by atoms with van der Waals surface area (Å²) in [7, 11) is -3.60. The van der Waals surface area contributed by atoms with E-state index in [1.165, 1.54) is 4.31 Å². The van der Waals surface area contributed by atoms with E-state index in [4.69, 9.17) is 9.57 Å². The summed E-state index contributed by atoms with van der Waals surface area (Å²) in [6.45, 7) is 8.90. The Morgan fingerprint density at radius 3 is 2.24 bits per heavy atom. The molecule has 29 heavy (non-hydrogen) atoms. The third-order valence-electron chi connectivity index (χ3n) is 6.15. The van der Waals surface area contributed by atoms with Crippen LogP contribution in [0.15, 0.2) is 11.0 Å². The lowest BCUT2D eigenvalue weighted by Gasteiger charge is -2.32. The molecule has 3 rings (SSSR count). The van der Waals surface area contributed by atoms with Gasteiger partial charge in [-0.05, 0) is 75.6 Å². The van der Waals surface area contributed by atoms with Crippen LogP contribution in [0.2, 0.25) is 0 Å². The normalized spacial score (nSPS) is 21.9. The van der Waals surface area contributed by atoms with Crippen molar-refractivity contribution in [2.45, 2.75) is 71.0 Å². The van der Waals surface area contributed by atoms with Gasteiger partial charge in [-0.2, -0.15) is 4.31 Å². The van der Waals surface area contributed by atoms with Gasteiger partial charge in [0.25, 0.3) is 0 Å². The number of carbonyl (C=O) groups excluding carboxylic acids is 1. The molecule has 2 aliphatic heterocycles. The molecule has 2 fully saturated rings. The van der Waals surface area contributed by atoms with Gasteiger partial charge in [0.05, 0.1) is 4.90 Å². The second-order valence-electron chi connectivity index (χ2n) is 8.15. The molecule has 8 heteroatoms. The zero-order valence-corrected chi connectivity index (χ0v) is 18.6. The molecule has 0 aromatic heterocycles. The van der Waals surface area contributed by atoms with E-state index in [1.807, 2.05) is 33.8 Å². The highest BCUT2D eigenvalue weighted by Crippen LogP contribution is 2.31. The highest BCUT2D eigenvalue weighted by atomic mass is 32.2. The van der Waals surface area contributed by atoms with E-state index in [9.17, 15) is 13.2 Å². The number of benzene rings is 1. The Balaban J connectivity index is 1.62. The van der Waals surface area contributed by atoms with Gasteiger partial charge in [0.1, 0.15) is 0 Å². The van der Waals surface area contributed by atoms with Crippen LogP contribution >= 0.6 is 0 Å². The first-order chi connectivity index (χ1) is 13.7. The van der Waals surface area contributed by atoms with Crippen LogP contribution in [0.5, 0.6) is 0 Å². The molecule has 162 valence electrons. The van der Waals surface area contributed by atoms with E-state index in [0.717, 1.165) is 41.5 Å². The van der Waals surface area contributed by atoms with Crippen molar-refractivity contribution in [1.82, 2.24) is 9.79 Å². The zero-order valence-electron chi connectivity index (χ0n) is 17.8. The van der Waals surface area contributed by atoms with Crippen molar-refractivity contribution in [2.24, 2.45) is 5.92 Å². The van der Waals surface area contributed by atoms with Gasteiger partial charge in [0, 0.05) is 32.0 Å². The van der Waals surface area contributed by atoms with Crippen molar-refractivity contribution < 1.29 is 22.8 Å². The highest BCUT2D eigenvalue weighted by Gasteiger charge is 2.34. The molecule has 2 saturated heterocycles. The summed E-state index contributed by atoms with van der Waals surface area (Å²) in [6, 6.07) is 2.02. The highest BCUT2D eigenvalue weighted by molar-refractivity contribution is 7.89. The molecule has 0 spiro atoms. The molecule has 1 aromatic rings. The van der Waals surface area contributed by atoms with Gasteiger partial charge in [-0.3, -0.25) is 4.79 Å². The Bertz CT molecular complexity index is 828. The number of nitrogens with zero attached hydrogens (tertiary/aromatic N) is 1. The summed E-state index contributed by atoms with van der Waals surface area (Å²) >= 11 is 0. The molecular weight excluding hydrogens is 392 g/mol. The molecule has 2 aliphatic rings. The average molecular weight is 425 g/mol. The monoisotopic (exact) mass is 424 g/mol. The van der Waals surface area contributed by atoms with E-state index in [-0.39, 0.29) is 18.1 Å². The maximum absolute atomic E-state index is 13.3. The summed E-state index contributed by atoms with van der Waals surface area (Å²) < 4.78 is 33.6. The fraction of sp³-hybridized carbons (Fsp3) is 0.667. The van der Waals surface area contributed by atoms with Crippen LogP contribution in [-0.4, -0.2) is 44.6 Å². The topological polar surface area (TPSA) is 84.9 Å². The molecule has 1 N–H and O–H groups in total. The lowest BCUT2D eigenvalue weighted by molar-refractivity contribution is -0.202. The Kier molecular flexibility index (Phi) is 6.98. The first kappa shape index (κ1) is 22.2. The summed E-state index contributed by atoms with van der Waals surface area (Å²) in [5.74, 6) is -0.457. The van der Waals surface area contributed by atoms with E-state index in [0.29, 0.717) is 37.4 Å². The van der Waals surface area contributed by atoms with E-state index in [2.05, 4.69) is 5.48 Å².